The molecule has 0 aromatic heterocycles. The highest BCUT2D eigenvalue weighted by molar-refractivity contribution is 5.22. The van der Waals surface area contributed by atoms with Crippen LogP contribution in [0.2, 0.25) is 0 Å². The van der Waals surface area contributed by atoms with Gasteiger partial charge < -0.3 is 5.73 Å². The lowest BCUT2D eigenvalue weighted by molar-refractivity contribution is 0.0990. The molecule has 2 unspecified atom stereocenters. The maximum absolute atomic E-state index is 13.9. The average molecular weight is 236 g/mol. The zero-order valence-electron chi connectivity index (χ0n) is 10.6. The summed E-state index contributed by atoms with van der Waals surface area (Å²) >= 11 is 0. The fraction of sp³-hybridized carbons (Fsp3) is 0.571. The molecule has 1 fully saturated rings. The van der Waals surface area contributed by atoms with Crippen LogP contribution < -0.4 is 5.73 Å². The number of halogens is 1. The van der Waals surface area contributed by atoms with Crippen molar-refractivity contribution >= 4 is 0 Å². The van der Waals surface area contributed by atoms with Gasteiger partial charge in [-0.25, -0.2) is 4.39 Å². The van der Waals surface area contributed by atoms with Crippen LogP contribution in [0.5, 0.6) is 0 Å². The molecule has 1 aliphatic heterocycles. The summed E-state index contributed by atoms with van der Waals surface area (Å²) < 4.78 is 13.9. The van der Waals surface area contributed by atoms with Crippen LogP contribution in [0.15, 0.2) is 24.3 Å². The monoisotopic (exact) mass is 236 g/mol. The number of nitrogens with two attached hydrogens (primary N) is 1. The van der Waals surface area contributed by atoms with E-state index in [4.69, 9.17) is 5.73 Å². The first-order valence-electron chi connectivity index (χ1n) is 6.35. The first-order valence-corrected chi connectivity index (χ1v) is 6.35. The number of likely N-dealkylation sites (tertiary alicyclic amines) is 1. The Balaban J connectivity index is 2.29. The molecule has 1 heterocycles. The normalized spacial score (nSPS) is 26.4. The molecule has 2 N–H and O–H groups in total. The van der Waals surface area contributed by atoms with Gasteiger partial charge in [-0.15, -0.1) is 0 Å². The third kappa shape index (κ3) is 2.67. The highest BCUT2D eigenvalue weighted by Crippen LogP contribution is 2.33. The molecule has 0 spiro atoms. The first-order chi connectivity index (χ1) is 8.09. The van der Waals surface area contributed by atoms with E-state index in [0.29, 0.717) is 6.04 Å². The lowest BCUT2D eigenvalue weighted by atomic mass is 9.91. The first kappa shape index (κ1) is 12.5. The van der Waals surface area contributed by atoms with Crippen LogP contribution in [-0.2, 0) is 0 Å². The number of nitrogens with zero attached hydrogens (tertiary/aromatic N) is 1. The number of piperidine rings is 1. The van der Waals surface area contributed by atoms with E-state index in [0.717, 1.165) is 24.9 Å². The number of hydrogen-bond acceptors (Lipinski definition) is 2. The number of rotatable bonds is 2. The van der Waals surface area contributed by atoms with Crippen LogP contribution in [0.4, 0.5) is 4.39 Å². The summed E-state index contributed by atoms with van der Waals surface area (Å²) in [7, 11) is 0. The molecule has 1 aliphatic rings. The van der Waals surface area contributed by atoms with Gasteiger partial charge in [-0.3, -0.25) is 4.90 Å². The van der Waals surface area contributed by atoms with Gasteiger partial charge in [-0.05, 0) is 32.8 Å². The van der Waals surface area contributed by atoms with Crippen LogP contribution in [-0.4, -0.2) is 23.5 Å². The van der Waals surface area contributed by atoms with E-state index < -0.39 is 0 Å². The molecule has 0 saturated carbocycles. The van der Waals surface area contributed by atoms with Gasteiger partial charge in [0, 0.05) is 30.2 Å². The molecule has 2 atom stereocenters. The molecule has 1 aromatic carbocycles. The van der Waals surface area contributed by atoms with E-state index in [9.17, 15) is 4.39 Å². The Labute approximate surface area is 103 Å². The highest BCUT2D eigenvalue weighted by atomic mass is 19.1. The maximum Gasteiger partial charge on any atom is 0.127 e. The molecule has 3 heteroatoms. The average Bonchev–Trinajstić information content (AvgIpc) is 2.29. The van der Waals surface area contributed by atoms with Gasteiger partial charge in [-0.2, -0.15) is 0 Å². The van der Waals surface area contributed by atoms with Gasteiger partial charge in [-0.1, -0.05) is 18.2 Å². The molecular weight excluding hydrogens is 215 g/mol. The van der Waals surface area contributed by atoms with Crippen molar-refractivity contribution in [2.75, 3.05) is 6.54 Å². The summed E-state index contributed by atoms with van der Waals surface area (Å²) in [5.74, 6) is -0.114. The summed E-state index contributed by atoms with van der Waals surface area (Å²) in [5.41, 5.74) is 6.81. The molecule has 1 aromatic rings. The third-order valence-corrected chi connectivity index (χ3v) is 3.61. The Morgan fingerprint density at radius 1 is 1.35 bits per heavy atom. The van der Waals surface area contributed by atoms with Crippen LogP contribution in [0.25, 0.3) is 0 Å². The summed E-state index contributed by atoms with van der Waals surface area (Å²) in [5, 5.41) is 0. The Bertz CT molecular complexity index is 378. The van der Waals surface area contributed by atoms with Gasteiger partial charge in [0.15, 0.2) is 0 Å². The lowest BCUT2D eigenvalue weighted by Gasteiger charge is -2.41. The largest absolute Gasteiger partial charge is 0.328 e. The van der Waals surface area contributed by atoms with Gasteiger partial charge in [0.05, 0.1) is 0 Å². The van der Waals surface area contributed by atoms with Crippen molar-refractivity contribution in [3.05, 3.63) is 35.6 Å². The smallest absolute Gasteiger partial charge is 0.127 e. The van der Waals surface area contributed by atoms with Crippen LogP contribution in [0.3, 0.4) is 0 Å². The zero-order valence-corrected chi connectivity index (χ0v) is 10.6. The standard InChI is InChI=1S/C14H21FN2/c1-10(2)17-8-7-11(16)9-14(17)12-5-3-4-6-13(12)15/h3-6,10-11,14H,7-9,16H2,1-2H3. The molecule has 94 valence electrons. The van der Waals surface area contributed by atoms with E-state index in [1.54, 1.807) is 6.07 Å². The van der Waals surface area contributed by atoms with Crippen molar-refractivity contribution in [3.63, 3.8) is 0 Å². The van der Waals surface area contributed by atoms with E-state index in [2.05, 4.69) is 18.7 Å². The predicted molar refractivity (Wildman–Crippen MR) is 68.2 cm³/mol. The van der Waals surface area contributed by atoms with Crippen molar-refractivity contribution < 1.29 is 4.39 Å². The second-order valence-electron chi connectivity index (χ2n) is 5.15. The zero-order chi connectivity index (χ0) is 12.4. The number of benzene rings is 1. The van der Waals surface area contributed by atoms with Crippen LogP contribution >= 0.6 is 0 Å². The topological polar surface area (TPSA) is 29.3 Å². The summed E-state index contributed by atoms with van der Waals surface area (Å²) in [6.07, 6.45) is 1.85. The molecule has 0 radical (unpaired) electrons. The third-order valence-electron chi connectivity index (χ3n) is 3.61. The molecule has 17 heavy (non-hydrogen) atoms. The van der Waals surface area contributed by atoms with Crippen molar-refractivity contribution in [3.8, 4) is 0 Å². The quantitative estimate of drug-likeness (QED) is 0.855. The van der Waals surface area contributed by atoms with Gasteiger partial charge in [0.1, 0.15) is 5.82 Å². The van der Waals surface area contributed by atoms with E-state index >= 15 is 0 Å². The minimum atomic E-state index is -0.114. The maximum atomic E-state index is 13.9. The number of hydrogen-bond donors (Lipinski definition) is 1. The second kappa shape index (κ2) is 5.15. The van der Waals surface area contributed by atoms with E-state index in [-0.39, 0.29) is 17.9 Å². The Morgan fingerprint density at radius 3 is 2.71 bits per heavy atom. The van der Waals surface area contributed by atoms with Crippen molar-refractivity contribution in [2.45, 2.75) is 44.8 Å². The Hall–Kier alpha value is -0.930. The molecule has 0 aliphatic carbocycles. The van der Waals surface area contributed by atoms with E-state index in [1.807, 2.05) is 12.1 Å². The van der Waals surface area contributed by atoms with Crippen molar-refractivity contribution in [1.29, 1.82) is 0 Å². The minimum absolute atomic E-state index is 0.114. The van der Waals surface area contributed by atoms with Crippen molar-refractivity contribution in [1.82, 2.24) is 4.90 Å². The van der Waals surface area contributed by atoms with Gasteiger partial charge in [0.2, 0.25) is 0 Å². The second-order valence-corrected chi connectivity index (χ2v) is 5.15. The predicted octanol–water partition coefficient (Wildman–Crippen LogP) is 2.70. The summed E-state index contributed by atoms with van der Waals surface area (Å²) in [4.78, 5) is 2.35. The molecule has 2 nitrogen and oxygen atoms in total. The molecule has 0 bridgehead atoms. The van der Waals surface area contributed by atoms with Gasteiger partial charge >= 0.3 is 0 Å². The molecular formula is C14H21FN2. The summed E-state index contributed by atoms with van der Waals surface area (Å²) in [6, 6.07) is 7.79. The Kier molecular flexibility index (Phi) is 3.79. The molecule has 0 amide bonds. The van der Waals surface area contributed by atoms with Crippen molar-refractivity contribution in [2.24, 2.45) is 5.73 Å². The minimum Gasteiger partial charge on any atom is -0.328 e. The van der Waals surface area contributed by atoms with Crippen LogP contribution in [0.1, 0.15) is 38.3 Å². The fourth-order valence-electron chi connectivity index (χ4n) is 2.68. The van der Waals surface area contributed by atoms with Crippen LogP contribution in [0, 0.1) is 5.82 Å². The SMILES string of the molecule is CC(C)N1CCC(N)CC1c1ccccc1F. The van der Waals surface area contributed by atoms with Gasteiger partial charge in [0.25, 0.3) is 0 Å². The highest BCUT2D eigenvalue weighted by Gasteiger charge is 2.30. The lowest BCUT2D eigenvalue weighted by Crippen LogP contribution is -2.45. The molecule has 1 saturated heterocycles. The summed E-state index contributed by atoms with van der Waals surface area (Å²) in [6.45, 7) is 5.27. The molecule has 2 rings (SSSR count). The Morgan fingerprint density at radius 2 is 2.06 bits per heavy atom. The fourth-order valence-corrected chi connectivity index (χ4v) is 2.68. The van der Waals surface area contributed by atoms with E-state index in [1.165, 1.54) is 6.07 Å².